The molecule has 0 aliphatic heterocycles. The number of non-ortho nitro benzene ring substituents is 1. The van der Waals surface area contributed by atoms with Crippen molar-refractivity contribution in [3.63, 3.8) is 0 Å². The normalized spacial score (nSPS) is 9.33. The molecular weight excluding hydrogens is 230 g/mol. The second kappa shape index (κ2) is 4.97. The van der Waals surface area contributed by atoms with Crippen LogP contribution in [0.2, 0.25) is 0 Å². The summed E-state index contributed by atoms with van der Waals surface area (Å²) in [4.78, 5) is 14.1. The lowest BCUT2D eigenvalue weighted by Gasteiger charge is -1.94. The van der Waals surface area contributed by atoms with Crippen LogP contribution in [-0.2, 0) is 0 Å². The summed E-state index contributed by atoms with van der Waals surface area (Å²) >= 11 is 0. The molecule has 18 heavy (non-hydrogen) atoms. The minimum Gasteiger partial charge on any atom is -0.383 e. The highest BCUT2D eigenvalue weighted by Crippen LogP contribution is 2.12. The summed E-state index contributed by atoms with van der Waals surface area (Å²) in [5, 5.41) is 10.6. The van der Waals surface area contributed by atoms with Crippen molar-refractivity contribution in [2.75, 3.05) is 5.73 Å². The number of rotatable bonds is 1. The van der Waals surface area contributed by atoms with Crippen molar-refractivity contribution in [3.8, 4) is 11.8 Å². The second-order valence-electron chi connectivity index (χ2n) is 3.49. The van der Waals surface area contributed by atoms with Gasteiger partial charge in [-0.15, -0.1) is 0 Å². The molecule has 0 saturated carbocycles. The summed E-state index contributed by atoms with van der Waals surface area (Å²) in [5.41, 5.74) is 6.82. The van der Waals surface area contributed by atoms with Crippen LogP contribution >= 0.6 is 0 Å². The van der Waals surface area contributed by atoms with E-state index in [2.05, 4.69) is 16.8 Å². The Morgan fingerprint density at radius 1 is 1.22 bits per heavy atom. The molecule has 5 heteroatoms. The third kappa shape index (κ3) is 2.62. The van der Waals surface area contributed by atoms with Gasteiger partial charge in [0, 0.05) is 23.9 Å². The topological polar surface area (TPSA) is 82.0 Å². The molecule has 0 aliphatic rings. The van der Waals surface area contributed by atoms with Gasteiger partial charge in [-0.25, -0.2) is 4.98 Å². The number of benzene rings is 1. The molecule has 88 valence electrons. The summed E-state index contributed by atoms with van der Waals surface area (Å²) in [5.74, 6) is 6.00. The average molecular weight is 239 g/mol. The van der Waals surface area contributed by atoms with Crippen LogP contribution in [0.1, 0.15) is 11.1 Å². The fourth-order valence-electron chi connectivity index (χ4n) is 1.36. The van der Waals surface area contributed by atoms with Crippen molar-refractivity contribution in [2.45, 2.75) is 0 Å². The lowest BCUT2D eigenvalue weighted by Crippen LogP contribution is -1.92. The van der Waals surface area contributed by atoms with Crippen LogP contribution in [0.15, 0.2) is 42.6 Å². The maximum atomic E-state index is 10.6. The van der Waals surface area contributed by atoms with Crippen LogP contribution in [0, 0.1) is 22.0 Å². The summed E-state index contributed by atoms with van der Waals surface area (Å²) in [6, 6.07) is 9.60. The molecule has 0 spiro atoms. The van der Waals surface area contributed by atoms with Crippen LogP contribution in [0.4, 0.5) is 11.5 Å². The maximum Gasteiger partial charge on any atom is 0.270 e. The molecule has 2 aromatic rings. The predicted molar refractivity (Wildman–Crippen MR) is 67.7 cm³/mol. The van der Waals surface area contributed by atoms with Crippen molar-refractivity contribution in [3.05, 3.63) is 63.8 Å². The number of pyridine rings is 1. The van der Waals surface area contributed by atoms with Gasteiger partial charge in [-0.1, -0.05) is 17.9 Å². The van der Waals surface area contributed by atoms with Crippen molar-refractivity contribution in [2.24, 2.45) is 0 Å². The highest BCUT2D eigenvalue weighted by Gasteiger charge is 2.03. The molecule has 1 aromatic heterocycles. The minimum absolute atomic E-state index is 0.0148. The molecule has 1 aromatic carbocycles. The molecular formula is C13H9N3O2. The molecule has 0 unspecified atom stereocenters. The molecule has 2 N–H and O–H groups in total. The van der Waals surface area contributed by atoms with Gasteiger partial charge in [0.05, 0.1) is 10.5 Å². The van der Waals surface area contributed by atoms with Crippen LogP contribution < -0.4 is 5.73 Å². The van der Waals surface area contributed by atoms with E-state index in [0.29, 0.717) is 16.9 Å². The molecule has 0 amide bonds. The van der Waals surface area contributed by atoms with Crippen molar-refractivity contribution in [1.82, 2.24) is 4.98 Å². The lowest BCUT2D eigenvalue weighted by molar-refractivity contribution is -0.384. The number of anilines is 1. The van der Waals surface area contributed by atoms with E-state index in [4.69, 9.17) is 5.73 Å². The van der Waals surface area contributed by atoms with Crippen LogP contribution in [0.5, 0.6) is 0 Å². The van der Waals surface area contributed by atoms with E-state index in [9.17, 15) is 10.1 Å². The summed E-state index contributed by atoms with van der Waals surface area (Å²) in [7, 11) is 0. The first-order valence-electron chi connectivity index (χ1n) is 5.14. The second-order valence-corrected chi connectivity index (χ2v) is 3.49. The van der Waals surface area contributed by atoms with Gasteiger partial charge in [0.2, 0.25) is 0 Å². The number of nitrogen functional groups attached to an aromatic ring is 1. The molecule has 1 heterocycles. The zero-order chi connectivity index (χ0) is 13.0. The fraction of sp³-hybridized carbons (Fsp3) is 0. The van der Waals surface area contributed by atoms with E-state index in [0.717, 1.165) is 0 Å². The van der Waals surface area contributed by atoms with Gasteiger partial charge in [0.15, 0.2) is 0 Å². The Balaban J connectivity index is 2.33. The zero-order valence-electron chi connectivity index (χ0n) is 9.33. The minimum atomic E-state index is -0.455. The van der Waals surface area contributed by atoms with Crippen molar-refractivity contribution >= 4 is 11.5 Å². The zero-order valence-corrected chi connectivity index (χ0v) is 9.33. The van der Waals surface area contributed by atoms with Crippen LogP contribution in [0.25, 0.3) is 0 Å². The Morgan fingerprint density at radius 3 is 2.78 bits per heavy atom. The largest absolute Gasteiger partial charge is 0.383 e. The van der Waals surface area contributed by atoms with Gasteiger partial charge in [0.25, 0.3) is 5.69 Å². The smallest absolute Gasteiger partial charge is 0.270 e. The maximum absolute atomic E-state index is 10.6. The number of hydrogen-bond acceptors (Lipinski definition) is 4. The molecule has 2 rings (SSSR count). The third-order valence-electron chi connectivity index (χ3n) is 2.24. The van der Waals surface area contributed by atoms with Gasteiger partial charge in [-0.05, 0) is 18.2 Å². The number of nitro benzene ring substituents is 1. The van der Waals surface area contributed by atoms with E-state index >= 15 is 0 Å². The first-order valence-corrected chi connectivity index (χ1v) is 5.14. The van der Waals surface area contributed by atoms with Crippen molar-refractivity contribution < 1.29 is 4.92 Å². The molecule has 0 aliphatic carbocycles. The third-order valence-corrected chi connectivity index (χ3v) is 2.24. The molecule has 0 bridgehead atoms. The van der Waals surface area contributed by atoms with E-state index < -0.39 is 4.92 Å². The molecule has 0 atom stereocenters. The first kappa shape index (κ1) is 11.6. The Labute approximate surface area is 103 Å². The number of nitrogens with two attached hydrogens (primary N) is 1. The number of nitrogens with zero attached hydrogens (tertiary/aromatic N) is 2. The fourth-order valence-corrected chi connectivity index (χ4v) is 1.36. The first-order chi connectivity index (χ1) is 8.66. The van der Waals surface area contributed by atoms with Gasteiger partial charge < -0.3 is 5.73 Å². The van der Waals surface area contributed by atoms with Gasteiger partial charge in [-0.2, -0.15) is 0 Å². The highest BCUT2D eigenvalue weighted by atomic mass is 16.6. The molecule has 5 nitrogen and oxygen atoms in total. The van der Waals surface area contributed by atoms with Gasteiger partial charge in [-0.3, -0.25) is 10.1 Å². The van der Waals surface area contributed by atoms with E-state index in [1.807, 2.05) is 0 Å². The van der Waals surface area contributed by atoms with Gasteiger partial charge >= 0.3 is 0 Å². The summed E-state index contributed by atoms with van der Waals surface area (Å²) < 4.78 is 0. The quantitative estimate of drug-likeness (QED) is 0.468. The number of aromatic nitrogens is 1. The van der Waals surface area contributed by atoms with Crippen LogP contribution in [0.3, 0.4) is 0 Å². The highest BCUT2D eigenvalue weighted by molar-refractivity contribution is 5.53. The average Bonchev–Trinajstić information content (AvgIpc) is 2.38. The number of hydrogen-bond donors (Lipinski definition) is 1. The summed E-state index contributed by atoms with van der Waals surface area (Å²) in [6.07, 6.45) is 1.58. The molecule has 0 saturated heterocycles. The van der Waals surface area contributed by atoms with Crippen LogP contribution in [-0.4, -0.2) is 9.91 Å². The molecule has 0 radical (unpaired) electrons. The standard InChI is InChI=1S/C13H9N3O2/c14-13-11(4-2-8-15-13)7-6-10-3-1-5-12(9-10)16(17)18/h1-5,8-9H,(H2,14,15). The lowest BCUT2D eigenvalue weighted by atomic mass is 10.2. The van der Waals surface area contributed by atoms with E-state index in [1.165, 1.54) is 12.1 Å². The van der Waals surface area contributed by atoms with E-state index in [1.54, 1.807) is 30.5 Å². The Hall–Kier alpha value is -2.87. The Morgan fingerprint density at radius 2 is 2.06 bits per heavy atom. The Bertz CT molecular complexity index is 657. The predicted octanol–water partition coefficient (Wildman–Crippen LogP) is 1.97. The SMILES string of the molecule is Nc1ncccc1C#Cc1cccc([N+](=O)[O-])c1. The molecule has 0 fully saturated rings. The monoisotopic (exact) mass is 239 g/mol. The van der Waals surface area contributed by atoms with Gasteiger partial charge in [0.1, 0.15) is 5.82 Å². The number of nitro groups is 1. The summed E-state index contributed by atoms with van der Waals surface area (Å²) in [6.45, 7) is 0. The van der Waals surface area contributed by atoms with E-state index in [-0.39, 0.29) is 5.69 Å². The Kier molecular flexibility index (Phi) is 3.21. The van der Waals surface area contributed by atoms with Crippen molar-refractivity contribution in [1.29, 1.82) is 0 Å².